The molecule has 0 aliphatic rings. The molecule has 1 aromatic rings. The zero-order valence-electron chi connectivity index (χ0n) is 10.7. The molecule has 0 aliphatic heterocycles. The van der Waals surface area contributed by atoms with Crippen LogP contribution in [0.5, 0.6) is 0 Å². The molecule has 1 aromatic heterocycles. The van der Waals surface area contributed by atoms with Crippen LogP contribution in [0.4, 0.5) is 11.6 Å². The van der Waals surface area contributed by atoms with Gasteiger partial charge >= 0.3 is 0 Å². The molecule has 0 unspecified atom stereocenters. The average molecular weight is 236 g/mol. The molecular formula is C12H20N4O. The van der Waals surface area contributed by atoms with Crippen molar-refractivity contribution in [3.63, 3.8) is 0 Å². The Morgan fingerprint density at radius 3 is 2.47 bits per heavy atom. The highest BCUT2D eigenvalue weighted by Crippen LogP contribution is 2.07. The van der Waals surface area contributed by atoms with Gasteiger partial charge in [-0.15, -0.1) is 10.2 Å². The summed E-state index contributed by atoms with van der Waals surface area (Å²) in [7, 11) is 0. The first-order valence-corrected chi connectivity index (χ1v) is 5.99. The lowest BCUT2D eigenvalue weighted by atomic mass is 10.1. The van der Waals surface area contributed by atoms with E-state index < -0.39 is 0 Å². The summed E-state index contributed by atoms with van der Waals surface area (Å²) in [6, 6.07) is 3.57. The van der Waals surface area contributed by atoms with Gasteiger partial charge in [0.05, 0.1) is 0 Å². The number of carbonyl (C=O) groups excluding carboxylic acids is 1. The van der Waals surface area contributed by atoms with E-state index in [2.05, 4.69) is 34.7 Å². The molecule has 0 saturated heterocycles. The number of carbonyl (C=O) groups is 1. The van der Waals surface area contributed by atoms with E-state index in [4.69, 9.17) is 0 Å². The van der Waals surface area contributed by atoms with Crippen LogP contribution < -0.4 is 10.6 Å². The van der Waals surface area contributed by atoms with Gasteiger partial charge in [-0.25, -0.2) is 0 Å². The predicted octanol–water partition coefficient (Wildman–Crippen LogP) is 2.28. The van der Waals surface area contributed by atoms with E-state index in [1.807, 2.05) is 6.07 Å². The molecule has 1 heterocycles. The monoisotopic (exact) mass is 236 g/mol. The van der Waals surface area contributed by atoms with Gasteiger partial charge in [-0.3, -0.25) is 4.79 Å². The molecule has 0 bridgehead atoms. The fourth-order valence-corrected chi connectivity index (χ4v) is 1.21. The Morgan fingerprint density at radius 2 is 1.94 bits per heavy atom. The van der Waals surface area contributed by atoms with Crippen LogP contribution in [0.1, 0.15) is 33.6 Å². The van der Waals surface area contributed by atoms with Crippen molar-refractivity contribution in [1.29, 1.82) is 0 Å². The largest absolute Gasteiger partial charge is 0.369 e. The summed E-state index contributed by atoms with van der Waals surface area (Å²) in [6.07, 6.45) is 1.53. The van der Waals surface area contributed by atoms with Crippen molar-refractivity contribution >= 4 is 17.5 Å². The van der Waals surface area contributed by atoms with Gasteiger partial charge in [0.2, 0.25) is 5.91 Å². The van der Waals surface area contributed by atoms with Crippen LogP contribution in [0.25, 0.3) is 0 Å². The molecule has 17 heavy (non-hydrogen) atoms. The number of nitrogens with zero attached hydrogens (tertiary/aromatic N) is 2. The minimum absolute atomic E-state index is 0.0557. The summed E-state index contributed by atoms with van der Waals surface area (Å²) in [5, 5.41) is 13.7. The quantitative estimate of drug-likeness (QED) is 0.795. The lowest BCUT2D eigenvalue weighted by Gasteiger charge is -2.07. The summed E-state index contributed by atoms with van der Waals surface area (Å²) >= 11 is 0. The number of amides is 1. The Bertz CT molecular complexity index is 348. The van der Waals surface area contributed by atoms with E-state index in [1.54, 1.807) is 13.0 Å². The summed E-state index contributed by atoms with van der Waals surface area (Å²) in [5.41, 5.74) is 0. The molecular weight excluding hydrogens is 216 g/mol. The molecule has 1 rings (SSSR count). The van der Waals surface area contributed by atoms with Gasteiger partial charge in [0.25, 0.3) is 0 Å². The average Bonchev–Trinajstić information content (AvgIpc) is 2.31. The van der Waals surface area contributed by atoms with E-state index in [0.29, 0.717) is 18.2 Å². The number of rotatable bonds is 6. The number of anilines is 2. The molecule has 5 nitrogen and oxygen atoms in total. The number of hydrogen-bond donors (Lipinski definition) is 2. The van der Waals surface area contributed by atoms with Gasteiger partial charge in [0.15, 0.2) is 5.82 Å². The summed E-state index contributed by atoms with van der Waals surface area (Å²) in [6.45, 7) is 7.03. The maximum absolute atomic E-state index is 11.1. The lowest BCUT2D eigenvalue weighted by molar-refractivity contribution is -0.115. The third-order valence-electron chi connectivity index (χ3n) is 2.28. The van der Waals surface area contributed by atoms with Crippen LogP contribution in [0, 0.1) is 5.92 Å². The Morgan fingerprint density at radius 1 is 1.29 bits per heavy atom. The number of nitrogens with one attached hydrogen (secondary N) is 2. The second-order valence-electron chi connectivity index (χ2n) is 4.31. The number of hydrogen-bond acceptors (Lipinski definition) is 4. The first kappa shape index (κ1) is 13.4. The molecule has 0 saturated carbocycles. The smallest absolute Gasteiger partial charge is 0.225 e. The third kappa shape index (κ3) is 5.29. The molecule has 0 atom stereocenters. The van der Waals surface area contributed by atoms with Crippen molar-refractivity contribution in [3.8, 4) is 0 Å². The van der Waals surface area contributed by atoms with Gasteiger partial charge in [0, 0.05) is 13.0 Å². The van der Waals surface area contributed by atoms with Gasteiger partial charge in [0.1, 0.15) is 5.82 Å². The fourth-order valence-electron chi connectivity index (χ4n) is 1.21. The fraction of sp³-hybridized carbons (Fsp3) is 0.583. The van der Waals surface area contributed by atoms with Crippen LogP contribution >= 0.6 is 0 Å². The molecule has 0 fully saturated rings. The molecule has 94 valence electrons. The van der Waals surface area contributed by atoms with E-state index >= 15 is 0 Å². The molecule has 2 N–H and O–H groups in total. The second kappa shape index (κ2) is 6.83. The maximum Gasteiger partial charge on any atom is 0.225 e. The lowest BCUT2D eigenvalue weighted by Crippen LogP contribution is -2.12. The summed E-state index contributed by atoms with van der Waals surface area (Å²) < 4.78 is 0. The van der Waals surface area contributed by atoms with Crippen LogP contribution in [0.2, 0.25) is 0 Å². The second-order valence-corrected chi connectivity index (χ2v) is 4.31. The highest BCUT2D eigenvalue weighted by molar-refractivity contribution is 5.89. The first-order valence-electron chi connectivity index (χ1n) is 5.99. The van der Waals surface area contributed by atoms with Crippen molar-refractivity contribution < 1.29 is 4.79 Å². The predicted molar refractivity (Wildman–Crippen MR) is 68.9 cm³/mol. The van der Waals surface area contributed by atoms with Crippen molar-refractivity contribution in [1.82, 2.24) is 10.2 Å². The molecule has 1 amide bonds. The highest BCUT2D eigenvalue weighted by Gasteiger charge is 2.01. The first-order chi connectivity index (χ1) is 8.11. The molecule has 0 spiro atoms. The van der Waals surface area contributed by atoms with E-state index in [0.717, 1.165) is 18.8 Å². The van der Waals surface area contributed by atoms with Gasteiger partial charge < -0.3 is 10.6 Å². The van der Waals surface area contributed by atoms with E-state index in [-0.39, 0.29) is 5.91 Å². The Kier molecular flexibility index (Phi) is 5.39. The van der Waals surface area contributed by atoms with Gasteiger partial charge in [-0.2, -0.15) is 0 Å². The molecule has 0 aromatic carbocycles. The Hall–Kier alpha value is -1.65. The van der Waals surface area contributed by atoms with Crippen LogP contribution in [0.15, 0.2) is 12.1 Å². The van der Waals surface area contributed by atoms with E-state index in [9.17, 15) is 4.79 Å². The molecule has 0 radical (unpaired) electrons. The highest BCUT2D eigenvalue weighted by atomic mass is 16.1. The van der Waals surface area contributed by atoms with Crippen molar-refractivity contribution in [2.45, 2.75) is 33.6 Å². The van der Waals surface area contributed by atoms with Gasteiger partial charge in [-0.05, 0) is 24.5 Å². The molecule has 5 heteroatoms. The Balaban J connectivity index is 2.42. The van der Waals surface area contributed by atoms with Crippen LogP contribution in [-0.2, 0) is 4.79 Å². The minimum atomic E-state index is -0.0557. The van der Waals surface area contributed by atoms with Crippen molar-refractivity contribution in [2.75, 3.05) is 17.2 Å². The minimum Gasteiger partial charge on any atom is -0.369 e. The number of aromatic nitrogens is 2. The van der Waals surface area contributed by atoms with Gasteiger partial charge in [-0.1, -0.05) is 20.8 Å². The van der Waals surface area contributed by atoms with Crippen molar-refractivity contribution in [2.24, 2.45) is 5.92 Å². The Labute approximate surface area is 102 Å². The molecule has 0 aliphatic carbocycles. The van der Waals surface area contributed by atoms with E-state index in [1.165, 1.54) is 0 Å². The standard InChI is InChI=1S/C12H20N4O/c1-4-12(17)14-11-6-5-10(15-16-11)13-8-7-9(2)3/h5-6,9H,4,7-8H2,1-3H3,(H,13,15)(H,14,16,17). The SMILES string of the molecule is CCC(=O)Nc1ccc(NCCC(C)C)nn1. The summed E-state index contributed by atoms with van der Waals surface area (Å²) in [5.74, 6) is 1.84. The van der Waals surface area contributed by atoms with Crippen molar-refractivity contribution in [3.05, 3.63) is 12.1 Å². The maximum atomic E-state index is 11.1. The zero-order valence-corrected chi connectivity index (χ0v) is 10.7. The summed E-state index contributed by atoms with van der Waals surface area (Å²) in [4.78, 5) is 11.1. The van der Waals surface area contributed by atoms with Crippen LogP contribution in [-0.4, -0.2) is 22.6 Å². The normalized spacial score (nSPS) is 10.4. The zero-order chi connectivity index (χ0) is 12.7. The third-order valence-corrected chi connectivity index (χ3v) is 2.28. The topological polar surface area (TPSA) is 66.9 Å². The van der Waals surface area contributed by atoms with Crippen LogP contribution in [0.3, 0.4) is 0 Å².